The van der Waals surface area contributed by atoms with E-state index in [2.05, 4.69) is 14.7 Å². The molecular weight excluding hydrogens is 314 g/mol. The van der Waals surface area contributed by atoms with E-state index in [1.54, 1.807) is 36.4 Å². The molecule has 1 aromatic carbocycles. The van der Waals surface area contributed by atoms with Crippen molar-refractivity contribution < 1.29 is 14.4 Å². The van der Waals surface area contributed by atoms with Crippen molar-refractivity contribution in [2.24, 2.45) is 5.16 Å². The summed E-state index contributed by atoms with van der Waals surface area (Å²) in [6.45, 7) is -0.487. The van der Waals surface area contributed by atoms with Crippen molar-refractivity contribution in [1.29, 1.82) is 5.26 Å². The average Bonchev–Trinajstić information content (AvgIpc) is 2.37. The second kappa shape index (κ2) is 7.19. The van der Waals surface area contributed by atoms with Gasteiger partial charge in [-0.1, -0.05) is 70.3 Å². The van der Waals surface area contributed by atoms with E-state index < -0.39 is 16.6 Å². The fourth-order valence-electron chi connectivity index (χ4n) is 0.984. The number of rotatable bonds is 3. The fourth-order valence-corrected chi connectivity index (χ4v) is 1.15. The first-order valence-corrected chi connectivity index (χ1v) is 6.00. The Kier molecular flexibility index (Phi) is 5.90. The Morgan fingerprint density at radius 2 is 1.95 bits per heavy atom. The van der Waals surface area contributed by atoms with Crippen LogP contribution in [0.1, 0.15) is 5.56 Å². The summed E-state index contributed by atoms with van der Waals surface area (Å²) in [5.41, 5.74) is 0.422. The van der Waals surface area contributed by atoms with Crippen molar-refractivity contribution in [1.82, 2.24) is 0 Å². The zero-order valence-corrected chi connectivity index (χ0v) is 11.6. The third kappa shape index (κ3) is 6.30. The predicted molar refractivity (Wildman–Crippen MR) is 71.3 cm³/mol. The molecule has 0 spiro atoms. The molecule has 8 heteroatoms. The summed E-state index contributed by atoms with van der Waals surface area (Å²) in [5.74, 6) is 0. The highest BCUT2D eigenvalue weighted by Crippen LogP contribution is 2.25. The van der Waals surface area contributed by atoms with Gasteiger partial charge in [-0.25, -0.2) is 4.79 Å². The molecule has 0 radical (unpaired) electrons. The number of ether oxygens (including phenoxy) is 1. The maximum Gasteiger partial charge on any atom is 0.535 e. The predicted octanol–water partition coefficient (Wildman–Crippen LogP) is 3.44. The minimum absolute atomic E-state index is 0.0774. The number of benzene rings is 1. The van der Waals surface area contributed by atoms with E-state index in [0.717, 1.165) is 0 Å². The minimum atomic E-state index is -1.74. The Labute approximate surface area is 124 Å². The van der Waals surface area contributed by atoms with Gasteiger partial charge >= 0.3 is 6.16 Å². The van der Waals surface area contributed by atoms with Gasteiger partial charge in [0.05, 0.1) is 0 Å². The van der Waals surface area contributed by atoms with Gasteiger partial charge in [-0.2, -0.15) is 5.26 Å². The van der Waals surface area contributed by atoms with Crippen molar-refractivity contribution in [3.63, 3.8) is 0 Å². The molecular formula is C11H7Cl3N2O3. The average molecular weight is 322 g/mol. The second-order valence-corrected chi connectivity index (χ2v) is 5.68. The van der Waals surface area contributed by atoms with E-state index in [1.165, 1.54) is 0 Å². The molecule has 100 valence electrons. The maximum absolute atomic E-state index is 11.1. The molecule has 1 aromatic rings. The van der Waals surface area contributed by atoms with Gasteiger partial charge in [-0.15, -0.1) is 0 Å². The third-order valence-electron chi connectivity index (χ3n) is 1.72. The van der Waals surface area contributed by atoms with Crippen LogP contribution in [0.3, 0.4) is 0 Å². The fraction of sp³-hybridized carbons (Fsp3) is 0.182. The van der Waals surface area contributed by atoms with Crippen molar-refractivity contribution in [2.75, 3.05) is 6.61 Å². The zero-order valence-electron chi connectivity index (χ0n) is 9.35. The molecule has 0 fully saturated rings. The standard InChI is InChI=1S/C11H7Cl3N2O3/c12-11(13,14)7-18-10(17)19-16-9(6-15)8-4-2-1-3-5-8/h1-5H,7H2. The van der Waals surface area contributed by atoms with Crippen LogP contribution in [0.15, 0.2) is 35.5 Å². The van der Waals surface area contributed by atoms with Crippen molar-refractivity contribution in [3.05, 3.63) is 35.9 Å². The number of nitrogens with zero attached hydrogens (tertiary/aromatic N) is 2. The number of nitriles is 1. The molecule has 0 N–H and O–H groups in total. The third-order valence-corrected chi connectivity index (χ3v) is 2.05. The molecule has 0 saturated carbocycles. The van der Waals surface area contributed by atoms with Crippen LogP contribution in [0.4, 0.5) is 4.79 Å². The molecule has 0 bridgehead atoms. The van der Waals surface area contributed by atoms with Crippen LogP contribution in [0.25, 0.3) is 0 Å². The maximum atomic E-state index is 11.1. The van der Waals surface area contributed by atoms with Crippen molar-refractivity contribution >= 4 is 46.7 Å². The first-order chi connectivity index (χ1) is 8.92. The van der Waals surface area contributed by atoms with E-state index in [4.69, 9.17) is 40.1 Å². The van der Waals surface area contributed by atoms with Gasteiger partial charge in [0.2, 0.25) is 3.79 Å². The van der Waals surface area contributed by atoms with Crippen LogP contribution < -0.4 is 0 Å². The van der Waals surface area contributed by atoms with Gasteiger partial charge in [0.25, 0.3) is 0 Å². The molecule has 0 aliphatic heterocycles. The van der Waals surface area contributed by atoms with Crippen LogP contribution in [0, 0.1) is 11.3 Å². The molecule has 0 saturated heterocycles. The molecule has 0 aliphatic carbocycles. The van der Waals surface area contributed by atoms with Crippen LogP contribution >= 0.6 is 34.8 Å². The minimum Gasteiger partial charge on any atom is -0.428 e. The number of hydrogen-bond donors (Lipinski definition) is 0. The summed E-state index contributed by atoms with van der Waals surface area (Å²) in [7, 11) is 0. The highest BCUT2D eigenvalue weighted by Gasteiger charge is 2.22. The normalized spacial score (nSPS) is 11.6. The molecule has 1 rings (SSSR count). The molecule has 5 nitrogen and oxygen atoms in total. The van der Waals surface area contributed by atoms with E-state index in [-0.39, 0.29) is 5.71 Å². The molecule has 0 amide bonds. The number of oxime groups is 1. The number of halogens is 3. The van der Waals surface area contributed by atoms with E-state index in [1.807, 2.05) is 0 Å². The van der Waals surface area contributed by atoms with E-state index in [9.17, 15) is 4.79 Å². The van der Waals surface area contributed by atoms with Crippen LogP contribution in [-0.4, -0.2) is 22.3 Å². The Morgan fingerprint density at radius 3 is 2.47 bits per heavy atom. The lowest BCUT2D eigenvalue weighted by Gasteiger charge is -2.09. The smallest absolute Gasteiger partial charge is 0.428 e. The molecule has 0 atom stereocenters. The lowest BCUT2D eigenvalue weighted by Crippen LogP contribution is -2.17. The van der Waals surface area contributed by atoms with Crippen molar-refractivity contribution in [3.8, 4) is 6.07 Å². The Balaban J connectivity index is 2.60. The van der Waals surface area contributed by atoms with Crippen molar-refractivity contribution in [2.45, 2.75) is 3.79 Å². The number of carbonyl (C=O) groups excluding carboxylic acids is 1. The Hall–Kier alpha value is -1.48. The van der Waals surface area contributed by atoms with E-state index in [0.29, 0.717) is 5.56 Å². The highest BCUT2D eigenvalue weighted by molar-refractivity contribution is 6.67. The second-order valence-electron chi connectivity index (χ2n) is 3.16. The number of carbonyl (C=O) groups is 1. The SMILES string of the molecule is N#CC(=NOC(=O)OCC(Cl)(Cl)Cl)c1ccccc1. The Bertz CT molecular complexity index is 506. The summed E-state index contributed by atoms with van der Waals surface area (Å²) in [4.78, 5) is 15.5. The van der Waals surface area contributed by atoms with Gasteiger partial charge in [0, 0.05) is 5.56 Å². The zero-order chi connectivity index (χ0) is 14.3. The van der Waals surface area contributed by atoms with Crippen LogP contribution in [0.2, 0.25) is 0 Å². The monoisotopic (exact) mass is 320 g/mol. The van der Waals surface area contributed by atoms with Gasteiger partial charge in [-0.05, 0) is 0 Å². The quantitative estimate of drug-likeness (QED) is 0.281. The van der Waals surface area contributed by atoms with Gasteiger partial charge in [0.15, 0.2) is 5.71 Å². The summed E-state index contributed by atoms with van der Waals surface area (Å²) in [6.07, 6.45) is -1.17. The molecule has 0 aliphatic rings. The largest absolute Gasteiger partial charge is 0.535 e. The highest BCUT2D eigenvalue weighted by atomic mass is 35.6. The van der Waals surface area contributed by atoms with Crippen LogP contribution in [-0.2, 0) is 9.57 Å². The topological polar surface area (TPSA) is 71.7 Å². The first-order valence-electron chi connectivity index (χ1n) is 4.86. The van der Waals surface area contributed by atoms with E-state index >= 15 is 0 Å². The number of alkyl halides is 3. The molecule has 19 heavy (non-hydrogen) atoms. The van der Waals surface area contributed by atoms with Gasteiger partial charge < -0.3 is 4.74 Å². The summed E-state index contributed by atoms with van der Waals surface area (Å²) in [5, 5.41) is 12.2. The summed E-state index contributed by atoms with van der Waals surface area (Å²) >= 11 is 16.1. The lowest BCUT2D eigenvalue weighted by atomic mass is 10.1. The lowest BCUT2D eigenvalue weighted by molar-refractivity contribution is 0.0590. The molecule has 0 aromatic heterocycles. The first kappa shape index (κ1) is 15.6. The Morgan fingerprint density at radius 1 is 1.32 bits per heavy atom. The van der Waals surface area contributed by atoms with Gasteiger partial charge in [-0.3, -0.25) is 4.84 Å². The molecule has 0 unspecified atom stereocenters. The summed E-state index contributed by atoms with van der Waals surface area (Å²) in [6, 6.07) is 10.3. The summed E-state index contributed by atoms with van der Waals surface area (Å²) < 4.78 is 2.73. The number of hydrogen-bond acceptors (Lipinski definition) is 5. The van der Waals surface area contributed by atoms with Gasteiger partial charge in [0.1, 0.15) is 12.7 Å². The molecule has 0 heterocycles. The van der Waals surface area contributed by atoms with Crippen LogP contribution in [0.5, 0.6) is 0 Å².